The number of amides is 2. The van der Waals surface area contributed by atoms with E-state index in [2.05, 4.69) is 20.9 Å². The van der Waals surface area contributed by atoms with E-state index in [1.807, 2.05) is 18.2 Å². The van der Waals surface area contributed by atoms with Crippen molar-refractivity contribution in [3.8, 4) is 0 Å². The van der Waals surface area contributed by atoms with Crippen LogP contribution in [-0.2, 0) is 9.59 Å². The predicted molar refractivity (Wildman–Crippen MR) is 99.1 cm³/mol. The van der Waals surface area contributed by atoms with Crippen LogP contribution in [0.15, 0.2) is 53.5 Å². The van der Waals surface area contributed by atoms with Crippen LogP contribution in [0, 0.1) is 0 Å². The van der Waals surface area contributed by atoms with Crippen molar-refractivity contribution in [1.82, 2.24) is 5.32 Å². The van der Waals surface area contributed by atoms with Gasteiger partial charge in [-0.3, -0.25) is 14.9 Å². The fraction of sp³-hybridized carbons (Fsp3) is 0.118. The van der Waals surface area contributed by atoms with Crippen LogP contribution in [0.3, 0.4) is 0 Å². The molecule has 128 valence electrons. The van der Waals surface area contributed by atoms with Gasteiger partial charge in [-0.05, 0) is 30.3 Å². The van der Waals surface area contributed by atoms with Gasteiger partial charge in [0, 0.05) is 21.4 Å². The van der Waals surface area contributed by atoms with Gasteiger partial charge in [-0.2, -0.15) is 0 Å². The number of carbonyl (C=O) groups excluding carboxylic acids is 2. The number of benzene rings is 2. The summed E-state index contributed by atoms with van der Waals surface area (Å²) in [5.41, 5.74) is 1.20. The van der Waals surface area contributed by atoms with Gasteiger partial charge in [-0.15, -0.1) is 0 Å². The van der Waals surface area contributed by atoms with Gasteiger partial charge in [-0.25, -0.2) is 4.99 Å². The summed E-state index contributed by atoms with van der Waals surface area (Å²) in [5.74, 6) is -0.494. The number of hydrogen-bond acceptors (Lipinski definition) is 4. The average molecular weight is 377 g/mol. The van der Waals surface area contributed by atoms with Crippen LogP contribution in [0.4, 0.5) is 11.4 Å². The molecule has 8 heteroatoms. The summed E-state index contributed by atoms with van der Waals surface area (Å²) in [5, 5.41) is 9.12. The normalized spacial score (nSPS) is 16.6. The summed E-state index contributed by atoms with van der Waals surface area (Å²) < 4.78 is 0. The van der Waals surface area contributed by atoms with Gasteiger partial charge in [0.05, 0.1) is 6.42 Å². The van der Waals surface area contributed by atoms with Gasteiger partial charge < -0.3 is 10.6 Å². The van der Waals surface area contributed by atoms with Crippen LogP contribution >= 0.6 is 23.2 Å². The first kappa shape index (κ1) is 17.3. The maximum atomic E-state index is 12.4. The molecule has 2 amide bonds. The number of rotatable bonds is 3. The zero-order valence-corrected chi connectivity index (χ0v) is 14.4. The van der Waals surface area contributed by atoms with Gasteiger partial charge >= 0.3 is 0 Å². The summed E-state index contributed by atoms with van der Waals surface area (Å²) in [4.78, 5) is 28.5. The molecule has 0 saturated heterocycles. The Morgan fingerprint density at radius 1 is 1.08 bits per heavy atom. The quantitative estimate of drug-likeness (QED) is 0.768. The molecule has 0 aliphatic carbocycles. The Morgan fingerprint density at radius 3 is 2.44 bits per heavy atom. The molecule has 6 nitrogen and oxygen atoms in total. The molecule has 3 rings (SSSR count). The van der Waals surface area contributed by atoms with E-state index >= 15 is 0 Å². The van der Waals surface area contributed by atoms with Crippen LogP contribution in [0.5, 0.6) is 0 Å². The molecule has 2 aromatic carbocycles. The van der Waals surface area contributed by atoms with Gasteiger partial charge in [0.15, 0.2) is 0 Å². The number of aliphatic imine (C=N–C) groups is 1. The largest absolute Gasteiger partial charge is 0.326 e. The Morgan fingerprint density at radius 2 is 1.76 bits per heavy atom. The summed E-state index contributed by atoms with van der Waals surface area (Å²) in [6, 6.07) is 13.0. The molecule has 1 heterocycles. The van der Waals surface area contributed by atoms with Crippen molar-refractivity contribution in [2.45, 2.75) is 12.5 Å². The van der Waals surface area contributed by atoms with Crippen LogP contribution < -0.4 is 16.0 Å². The first-order valence-electron chi connectivity index (χ1n) is 7.46. The lowest BCUT2D eigenvalue weighted by Crippen LogP contribution is -2.45. The first-order valence-corrected chi connectivity index (χ1v) is 8.22. The van der Waals surface area contributed by atoms with Crippen LogP contribution in [-0.4, -0.2) is 23.8 Å². The van der Waals surface area contributed by atoms with Gasteiger partial charge in [0.1, 0.15) is 6.04 Å². The number of guanidine groups is 1. The van der Waals surface area contributed by atoms with Gasteiger partial charge in [0.2, 0.25) is 17.8 Å². The molecule has 0 saturated carbocycles. The van der Waals surface area contributed by atoms with E-state index in [9.17, 15) is 9.59 Å². The minimum absolute atomic E-state index is 0.0276. The fourth-order valence-corrected chi connectivity index (χ4v) is 2.84. The number of halogens is 2. The molecule has 0 aromatic heterocycles. The highest BCUT2D eigenvalue weighted by Gasteiger charge is 2.27. The van der Waals surface area contributed by atoms with E-state index in [0.29, 0.717) is 21.4 Å². The number of carbonyl (C=O) groups is 2. The highest BCUT2D eigenvalue weighted by molar-refractivity contribution is 6.35. The highest BCUT2D eigenvalue weighted by Crippen LogP contribution is 2.22. The van der Waals surface area contributed by atoms with E-state index in [4.69, 9.17) is 23.2 Å². The third kappa shape index (κ3) is 4.71. The molecule has 0 bridgehead atoms. The molecule has 0 radical (unpaired) electrons. The van der Waals surface area contributed by atoms with E-state index < -0.39 is 6.04 Å². The molecule has 2 aromatic rings. The lowest BCUT2D eigenvalue weighted by Gasteiger charge is -2.21. The average Bonchev–Trinajstić information content (AvgIpc) is 2.54. The van der Waals surface area contributed by atoms with Crippen molar-refractivity contribution in [3.63, 3.8) is 0 Å². The Bertz CT molecular complexity index is 820. The van der Waals surface area contributed by atoms with E-state index in [0.717, 1.165) is 0 Å². The molecule has 1 aliphatic rings. The lowest BCUT2D eigenvalue weighted by molar-refractivity contribution is -0.124. The molecule has 3 N–H and O–H groups in total. The maximum absolute atomic E-state index is 12.4. The Hall–Kier alpha value is -2.57. The molecule has 0 fully saturated rings. The first-order chi connectivity index (χ1) is 12.0. The summed E-state index contributed by atoms with van der Waals surface area (Å²) in [6.45, 7) is 0. The number of para-hydroxylation sites is 1. The van der Waals surface area contributed by atoms with Gasteiger partial charge in [0.25, 0.3) is 0 Å². The topological polar surface area (TPSA) is 82.6 Å². The summed E-state index contributed by atoms with van der Waals surface area (Å²) >= 11 is 11.9. The number of hydrogen-bond donors (Lipinski definition) is 3. The van der Waals surface area contributed by atoms with Crippen molar-refractivity contribution >= 4 is 52.4 Å². The molecular formula is C17H14Cl2N4O2. The Balaban J connectivity index is 1.75. The van der Waals surface area contributed by atoms with Crippen LogP contribution in [0.1, 0.15) is 6.42 Å². The number of nitrogens with zero attached hydrogens (tertiary/aromatic N) is 1. The fourth-order valence-electron chi connectivity index (χ4n) is 2.32. The molecule has 1 atom stereocenters. The SMILES string of the molecule is O=C1C[C@H](C(=O)Nc2ccccc2)N=C(Nc2cc(Cl)cc(Cl)c2)N1. The van der Waals surface area contributed by atoms with Crippen molar-refractivity contribution in [2.75, 3.05) is 10.6 Å². The molecule has 1 aliphatic heterocycles. The maximum Gasteiger partial charge on any atom is 0.249 e. The lowest BCUT2D eigenvalue weighted by atomic mass is 10.1. The van der Waals surface area contributed by atoms with Crippen molar-refractivity contribution in [1.29, 1.82) is 0 Å². The van der Waals surface area contributed by atoms with Crippen LogP contribution in [0.2, 0.25) is 10.0 Å². The minimum atomic E-state index is -0.828. The Labute approximate surface area is 154 Å². The molecule has 0 spiro atoms. The van der Waals surface area contributed by atoms with Crippen molar-refractivity contribution in [3.05, 3.63) is 58.6 Å². The second-order valence-corrected chi connectivity index (χ2v) is 6.26. The predicted octanol–water partition coefficient (Wildman–Crippen LogP) is 3.29. The second-order valence-electron chi connectivity index (χ2n) is 5.38. The number of anilines is 2. The third-order valence-electron chi connectivity index (χ3n) is 3.39. The summed E-state index contributed by atoms with van der Waals surface area (Å²) in [7, 11) is 0. The highest BCUT2D eigenvalue weighted by atomic mass is 35.5. The van der Waals surface area contributed by atoms with E-state index in [1.165, 1.54) is 0 Å². The zero-order chi connectivity index (χ0) is 17.8. The van der Waals surface area contributed by atoms with Gasteiger partial charge in [-0.1, -0.05) is 41.4 Å². The van der Waals surface area contributed by atoms with Crippen molar-refractivity contribution < 1.29 is 9.59 Å². The summed E-state index contributed by atoms with van der Waals surface area (Å²) in [6.07, 6.45) is -0.0276. The smallest absolute Gasteiger partial charge is 0.249 e. The second kappa shape index (κ2) is 7.55. The van der Waals surface area contributed by atoms with E-state index in [-0.39, 0.29) is 24.2 Å². The van der Waals surface area contributed by atoms with Crippen molar-refractivity contribution in [2.24, 2.45) is 4.99 Å². The third-order valence-corrected chi connectivity index (χ3v) is 3.83. The number of nitrogens with one attached hydrogen (secondary N) is 3. The monoisotopic (exact) mass is 376 g/mol. The molecular weight excluding hydrogens is 363 g/mol. The standard InChI is InChI=1S/C17H14Cl2N4O2/c18-10-6-11(19)8-13(7-10)21-17-22-14(9-15(24)23-17)16(25)20-12-4-2-1-3-5-12/h1-8,14H,9H2,(H,20,25)(H2,21,22,23,24)/t14-/m1/s1. The zero-order valence-electron chi connectivity index (χ0n) is 12.9. The molecule has 0 unspecified atom stereocenters. The minimum Gasteiger partial charge on any atom is -0.326 e. The van der Waals surface area contributed by atoms with E-state index in [1.54, 1.807) is 30.3 Å². The molecule has 25 heavy (non-hydrogen) atoms. The van der Waals surface area contributed by atoms with Crippen LogP contribution in [0.25, 0.3) is 0 Å². The Kier molecular flexibility index (Phi) is 5.21.